The van der Waals surface area contributed by atoms with Crippen molar-refractivity contribution in [2.75, 3.05) is 7.11 Å². The molecule has 2 aromatic rings. The van der Waals surface area contributed by atoms with Crippen molar-refractivity contribution in [2.24, 2.45) is 10.2 Å². The number of carbonyl (C=O) groups excluding carboxylic acids is 1. The monoisotopic (exact) mass is 388 g/mol. The molecule has 0 aliphatic heterocycles. The molecule has 0 aliphatic rings. The summed E-state index contributed by atoms with van der Waals surface area (Å²) in [7, 11) is 1.23. The number of esters is 1. The molecule has 1 aromatic carbocycles. The van der Waals surface area contributed by atoms with Crippen LogP contribution in [0.1, 0.15) is 34.8 Å². The quantitative estimate of drug-likeness (QED) is 0.613. The smallest absolute Gasteiger partial charge is 0.339 e. The molecule has 0 amide bonds. The van der Waals surface area contributed by atoms with Gasteiger partial charge in [-0.05, 0) is 31.5 Å². The number of aromatic nitrogens is 1. The van der Waals surface area contributed by atoms with E-state index in [9.17, 15) is 20.0 Å². The van der Waals surface area contributed by atoms with Crippen LogP contribution in [0.25, 0.3) is 0 Å². The van der Waals surface area contributed by atoms with Crippen molar-refractivity contribution in [3.05, 3.63) is 50.3 Å². The lowest BCUT2D eigenvalue weighted by Crippen LogP contribution is -2.21. The van der Waals surface area contributed by atoms with Crippen LogP contribution in [0.3, 0.4) is 0 Å². The lowest BCUT2D eigenvalue weighted by molar-refractivity contribution is 0.0601. The molecule has 0 bridgehead atoms. The minimum Gasteiger partial charge on any atom is -0.493 e. The molecular formula is C18H17ClN4O4. The SMILES string of the molecule is CCCn1c(O)c(C#N)c(C)c(N=Nc2ccc(Cl)c(C(=O)OC)c2)c1=O. The molecule has 0 aliphatic carbocycles. The van der Waals surface area contributed by atoms with Crippen LogP contribution in [0.5, 0.6) is 5.88 Å². The summed E-state index contributed by atoms with van der Waals surface area (Å²) in [4.78, 5) is 24.3. The van der Waals surface area contributed by atoms with Crippen LogP contribution in [0.2, 0.25) is 5.02 Å². The third kappa shape index (κ3) is 3.99. The van der Waals surface area contributed by atoms with Gasteiger partial charge < -0.3 is 9.84 Å². The Morgan fingerprint density at radius 2 is 2.11 bits per heavy atom. The number of ether oxygens (including phenoxy) is 1. The number of carbonyl (C=O) groups is 1. The number of hydrogen-bond donors (Lipinski definition) is 1. The van der Waals surface area contributed by atoms with Crippen LogP contribution in [-0.2, 0) is 11.3 Å². The molecule has 0 atom stereocenters. The number of rotatable bonds is 5. The van der Waals surface area contributed by atoms with E-state index in [0.29, 0.717) is 6.42 Å². The topological polar surface area (TPSA) is 117 Å². The molecule has 1 N–H and O–H groups in total. The van der Waals surface area contributed by atoms with Gasteiger partial charge in [0.25, 0.3) is 5.56 Å². The van der Waals surface area contributed by atoms with Crippen LogP contribution >= 0.6 is 11.6 Å². The van der Waals surface area contributed by atoms with Gasteiger partial charge in [-0.2, -0.15) is 10.4 Å². The second kappa shape index (κ2) is 8.47. The van der Waals surface area contributed by atoms with E-state index < -0.39 is 11.5 Å². The van der Waals surface area contributed by atoms with E-state index in [1.807, 2.05) is 13.0 Å². The maximum absolute atomic E-state index is 12.6. The van der Waals surface area contributed by atoms with Crippen molar-refractivity contribution in [1.82, 2.24) is 4.57 Å². The van der Waals surface area contributed by atoms with Crippen molar-refractivity contribution in [3.63, 3.8) is 0 Å². The Balaban J connectivity index is 2.58. The zero-order valence-corrected chi connectivity index (χ0v) is 15.7. The summed E-state index contributed by atoms with van der Waals surface area (Å²) >= 11 is 5.96. The molecular weight excluding hydrogens is 372 g/mol. The lowest BCUT2D eigenvalue weighted by atomic mass is 10.1. The largest absolute Gasteiger partial charge is 0.493 e. The molecule has 0 radical (unpaired) electrons. The fourth-order valence-electron chi connectivity index (χ4n) is 2.44. The maximum atomic E-state index is 12.6. The standard InChI is InChI=1S/C18H17ClN4O4/c1-4-7-23-16(24)13(9-20)10(2)15(17(23)25)22-21-11-5-6-14(19)12(8-11)18(26)27-3/h5-6,8,24H,4,7H2,1-3H3. The Hall–Kier alpha value is -3.18. The van der Waals surface area contributed by atoms with E-state index >= 15 is 0 Å². The number of hydrogen-bond acceptors (Lipinski definition) is 7. The predicted octanol–water partition coefficient (Wildman–Crippen LogP) is 4.00. The molecule has 2 rings (SSSR count). The van der Waals surface area contributed by atoms with Crippen molar-refractivity contribution >= 4 is 28.9 Å². The molecule has 140 valence electrons. The maximum Gasteiger partial charge on any atom is 0.339 e. The van der Waals surface area contributed by atoms with Crippen LogP contribution in [-0.4, -0.2) is 22.8 Å². The zero-order chi connectivity index (χ0) is 20.1. The first-order valence-corrected chi connectivity index (χ1v) is 8.39. The van der Waals surface area contributed by atoms with E-state index in [2.05, 4.69) is 15.0 Å². The Kier molecular flexibility index (Phi) is 6.32. The summed E-state index contributed by atoms with van der Waals surface area (Å²) in [5.74, 6) is -1.02. The number of nitrogens with zero attached hydrogens (tertiary/aromatic N) is 4. The van der Waals surface area contributed by atoms with Gasteiger partial charge >= 0.3 is 5.97 Å². The summed E-state index contributed by atoms with van der Waals surface area (Å²) in [6.45, 7) is 3.57. The third-order valence-corrected chi connectivity index (χ3v) is 4.17. The second-order valence-electron chi connectivity index (χ2n) is 5.60. The molecule has 27 heavy (non-hydrogen) atoms. The zero-order valence-electron chi connectivity index (χ0n) is 15.0. The first-order chi connectivity index (χ1) is 12.8. The van der Waals surface area contributed by atoms with Gasteiger partial charge in [-0.15, -0.1) is 5.11 Å². The fourth-order valence-corrected chi connectivity index (χ4v) is 2.63. The Labute approximate surface area is 160 Å². The minimum absolute atomic E-state index is 0.0386. The molecule has 1 aromatic heterocycles. The Morgan fingerprint density at radius 3 is 2.70 bits per heavy atom. The van der Waals surface area contributed by atoms with Crippen molar-refractivity contribution in [2.45, 2.75) is 26.8 Å². The van der Waals surface area contributed by atoms with Gasteiger partial charge in [0.1, 0.15) is 11.6 Å². The molecule has 0 saturated carbocycles. The van der Waals surface area contributed by atoms with Gasteiger partial charge in [0.15, 0.2) is 5.69 Å². The van der Waals surface area contributed by atoms with Crippen LogP contribution < -0.4 is 5.56 Å². The van der Waals surface area contributed by atoms with Crippen LogP contribution in [0, 0.1) is 18.3 Å². The van der Waals surface area contributed by atoms with Gasteiger partial charge in [0, 0.05) is 12.1 Å². The van der Waals surface area contributed by atoms with Crippen molar-refractivity contribution < 1.29 is 14.6 Å². The number of benzene rings is 1. The molecule has 1 heterocycles. The van der Waals surface area contributed by atoms with Gasteiger partial charge in [0.05, 0.1) is 23.4 Å². The van der Waals surface area contributed by atoms with E-state index in [1.165, 1.54) is 32.2 Å². The van der Waals surface area contributed by atoms with Gasteiger partial charge in [0.2, 0.25) is 5.88 Å². The first kappa shape index (κ1) is 20.1. The Morgan fingerprint density at radius 1 is 1.41 bits per heavy atom. The normalized spacial score (nSPS) is 10.8. The van der Waals surface area contributed by atoms with E-state index in [0.717, 1.165) is 4.57 Å². The molecule has 8 nitrogen and oxygen atoms in total. The predicted molar refractivity (Wildman–Crippen MR) is 99.1 cm³/mol. The highest BCUT2D eigenvalue weighted by Crippen LogP contribution is 2.28. The van der Waals surface area contributed by atoms with Gasteiger partial charge in [-0.25, -0.2) is 4.79 Å². The van der Waals surface area contributed by atoms with Crippen LogP contribution in [0.4, 0.5) is 11.4 Å². The van der Waals surface area contributed by atoms with Crippen LogP contribution in [0.15, 0.2) is 33.2 Å². The lowest BCUT2D eigenvalue weighted by Gasteiger charge is -2.11. The second-order valence-corrected chi connectivity index (χ2v) is 6.00. The number of pyridine rings is 1. The average Bonchev–Trinajstić information content (AvgIpc) is 2.66. The highest BCUT2D eigenvalue weighted by atomic mass is 35.5. The number of azo groups is 1. The van der Waals surface area contributed by atoms with Gasteiger partial charge in [-0.3, -0.25) is 9.36 Å². The highest BCUT2D eigenvalue weighted by Gasteiger charge is 2.19. The summed E-state index contributed by atoms with van der Waals surface area (Å²) in [6.07, 6.45) is 0.581. The molecule has 0 unspecified atom stereocenters. The summed E-state index contributed by atoms with van der Waals surface area (Å²) in [6, 6.07) is 6.23. The number of methoxy groups -OCH3 is 1. The fraction of sp³-hybridized carbons (Fsp3) is 0.278. The third-order valence-electron chi connectivity index (χ3n) is 3.84. The van der Waals surface area contributed by atoms with Crippen molar-refractivity contribution in [3.8, 4) is 11.9 Å². The van der Waals surface area contributed by atoms with E-state index in [-0.39, 0.29) is 45.5 Å². The average molecular weight is 389 g/mol. The summed E-state index contributed by atoms with van der Waals surface area (Å²) in [5, 5.41) is 27.6. The molecule has 0 saturated heterocycles. The van der Waals surface area contributed by atoms with E-state index in [1.54, 1.807) is 0 Å². The first-order valence-electron chi connectivity index (χ1n) is 8.01. The number of nitriles is 1. The molecule has 0 fully saturated rings. The summed E-state index contributed by atoms with van der Waals surface area (Å²) < 4.78 is 5.73. The van der Waals surface area contributed by atoms with Gasteiger partial charge in [-0.1, -0.05) is 18.5 Å². The Bertz CT molecular complexity index is 1020. The number of halogens is 1. The minimum atomic E-state index is -0.630. The van der Waals surface area contributed by atoms with E-state index in [4.69, 9.17) is 11.6 Å². The molecule has 0 spiro atoms. The molecule has 9 heteroatoms. The highest BCUT2D eigenvalue weighted by molar-refractivity contribution is 6.33. The van der Waals surface area contributed by atoms with Crippen molar-refractivity contribution in [1.29, 1.82) is 5.26 Å². The summed E-state index contributed by atoms with van der Waals surface area (Å²) in [5.41, 5.74) is -0.0582. The number of aromatic hydroxyl groups is 1.